The van der Waals surface area contributed by atoms with Crippen LogP contribution in [0.5, 0.6) is 0 Å². The Labute approximate surface area is 93.9 Å². The van der Waals surface area contributed by atoms with Crippen molar-refractivity contribution in [2.24, 2.45) is 0 Å². The maximum absolute atomic E-state index is 4.34. The first-order chi connectivity index (χ1) is 7.31. The third-order valence-electron chi connectivity index (χ3n) is 3.14. The highest BCUT2D eigenvalue weighted by atomic mass is 32.1. The first-order valence-corrected chi connectivity index (χ1v) is 6.39. The van der Waals surface area contributed by atoms with Crippen LogP contribution in [-0.4, -0.2) is 39.4 Å². The second-order valence-corrected chi connectivity index (χ2v) is 5.25. The van der Waals surface area contributed by atoms with Gasteiger partial charge in [-0.2, -0.15) is 4.37 Å². The van der Waals surface area contributed by atoms with Gasteiger partial charge in [0.1, 0.15) is 5.82 Å². The summed E-state index contributed by atoms with van der Waals surface area (Å²) in [4.78, 5) is 6.94. The van der Waals surface area contributed by atoms with Crippen LogP contribution in [0.25, 0.3) is 0 Å². The first kappa shape index (κ1) is 9.54. The molecule has 1 saturated carbocycles. The minimum atomic E-state index is 0.581. The predicted molar refractivity (Wildman–Crippen MR) is 61.3 cm³/mol. The normalized spacial score (nSPS) is 27.1. The molecule has 1 N–H and O–H groups in total. The Morgan fingerprint density at radius 3 is 2.93 bits per heavy atom. The number of hydrogen-bond acceptors (Lipinski definition) is 5. The zero-order valence-electron chi connectivity index (χ0n) is 8.94. The van der Waals surface area contributed by atoms with E-state index >= 15 is 0 Å². The lowest BCUT2D eigenvalue weighted by atomic mass is 10.3. The van der Waals surface area contributed by atoms with Gasteiger partial charge in [-0.25, -0.2) is 4.98 Å². The summed E-state index contributed by atoms with van der Waals surface area (Å²) in [7, 11) is 0. The summed E-state index contributed by atoms with van der Waals surface area (Å²) in [5, 5.41) is 4.46. The molecule has 0 aromatic carbocycles. The monoisotopic (exact) mass is 224 g/mol. The molecular formula is C10H16N4S. The topological polar surface area (TPSA) is 41.1 Å². The van der Waals surface area contributed by atoms with E-state index in [0.29, 0.717) is 6.04 Å². The van der Waals surface area contributed by atoms with Crippen LogP contribution in [0.15, 0.2) is 0 Å². The van der Waals surface area contributed by atoms with Crippen molar-refractivity contribution in [3.63, 3.8) is 0 Å². The molecule has 5 heteroatoms. The number of hydrogen-bond donors (Lipinski definition) is 1. The van der Waals surface area contributed by atoms with Gasteiger partial charge in [-0.3, -0.25) is 4.90 Å². The van der Waals surface area contributed by atoms with Gasteiger partial charge in [0.2, 0.25) is 5.13 Å². The summed E-state index contributed by atoms with van der Waals surface area (Å²) in [5.74, 6) is 0.875. The highest BCUT2D eigenvalue weighted by Crippen LogP contribution is 2.30. The SMILES string of the molecule is Cc1nsc(NC2CCN(C3CC3)C2)n1. The van der Waals surface area contributed by atoms with Crippen molar-refractivity contribution in [3.05, 3.63) is 5.82 Å². The molecule has 1 atom stereocenters. The van der Waals surface area contributed by atoms with Gasteiger partial charge in [0.05, 0.1) is 0 Å². The summed E-state index contributed by atoms with van der Waals surface area (Å²) in [5.41, 5.74) is 0. The van der Waals surface area contributed by atoms with Crippen molar-refractivity contribution >= 4 is 16.7 Å². The van der Waals surface area contributed by atoms with E-state index in [4.69, 9.17) is 0 Å². The van der Waals surface area contributed by atoms with Gasteiger partial charge < -0.3 is 5.32 Å². The Kier molecular flexibility index (Phi) is 2.36. The second kappa shape index (κ2) is 3.72. The molecule has 3 rings (SSSR count). The number of aromatic nitrogens is 2. The molecule has 4 nitrogen and oxygen atoms in total. The van der Waals surface area contributed by atoms with Gasteiger partial charge in [-0.15, -0.1) is 0 Å². The van der Waals surface area contributed by atoms with Crippen molar-refractivity contribution in [3.8, 4) is 0 Å². The van der Waals surface area contributed by atoms with E-state index in [-0.39, 0.29) is 0 Å². The van der Waals surface area contributed by atoms with Crippen molar-refractivity contribution in [2.45, 2.75) is 38.3 Å². The largest absolute Gasteiger partial charge is 0.356 e. The molecule has 2 fully saturated rings. The molecule has 0 spiro atoms. The fraction of sp³-hybridized carbons (Fsp3) is 0.800. The Balaban J connectivity index is 1.56. The van der Waals surface area contributed by atoms with Gasteiger partial charge in [-0.05, 0) is 26.2 Å². The van der Waals surface area contributed by atoms with E-state index in [1.54, 1.807) is 0 Å². The lowest BCUT2D eigenvalue weighted by Crippen LogP contribution is -2.27. The highest BCUT2D eigenvalue weighted by Gasteiger charge is 2.34. The number of anilines is 1. The van der Waals surface area contributed by atoms with E-state index in [9.17, 15) is 0 Å². The maximum atomic E-state index is 4.34. The second-order valence-electron chi connectivity index (χ2n) is 4.50. The van der Waals surface area contributed by atoms with E-state index in [0.717, 1.165) is 17.0 Å². The van der Waals surface area contributed by atoms with Gasteiger partial charge in [0.15, 0.2) is 0 Å². The zero-order valence-corrected chi connectivity index (χ0v) is 9.76. The molecule has 1 unspecified atom stereocenters. The zero-order chi connectivity index (χ0) is 10.3. The van der Waals surface area contributed by atoms with Gasteiger partial charge in [0.25, 0.3) is 0 Å². The van der Waals surface area contributed by atoms with Gasteiger partial charge >= 0.3 is 0 Å². The molecule has 2 heterocycles. The molecule has 0 bridgehead atoms. The first-order valence-electron chi connectivity index (χ1n) is 5.62. The minimum Gasteiger partial charge on any atom is -0.356 e. The van der Waals surface area contributed by atoms with E-state index < -0.39 is 0 Å². The molecule has 1 aromatic rings. The van der Waals surface area contributed by atoms with Crippen LogP contribution in [0.4, 0.5) is 5.13 Å². The highest BCUT2D eigenvalue weighted by molar-refractivity contribution is 7.09. The predicted octanol–water partition coefficient (Wildman–Crippen LogP) is 1.50. The maximum Gasteiger partial charge on any atom is 0.202 e. The van der Waals surface area contributed by atoms with Crippen LogP contribution >= 0.6 is 11.5 Å². The van der Waals surface area contributed by atoms with Crippen LogP contribution < -0.4 is 5.32 Å². The van der Waals surface area contributed by atoms with Crippen LogP contribution in [0.2, 0.25) is 0 Å². The number of likely N-dealkylation sites (tertiary alicyclic amines) is 1. The fourth-order valence-corrected chi connectivity index (χ4v) is 2.86. The third-order valence-corrected chi connectivity index (χ3v) is 3.88. The smallest absolute Gasteiger partial charge is 0.202 e. The van der Waals surface area contributed by atoms with Crippen LogP contribution in [0, 0.1) is 6.92 Å². The molecule has 1 saturated heterocycles. The molecule has 15 heavy (non-hydrogen) atoms. The Morgan fingerprint density at radius 1 is 1.40 bits per heavy atom. The van der Waals surface area contributed by atoms with Crippen molar-refractivity contribution in [2.75, 3.05) is 18.4 Å². The number of rotatable bonds is 3. The van der Waals surface area contributed by atoms with E-state index in [2.05, 4.69) is 19.6 Å². The Bertz CT molecular complexity index is 347. The average Bonchev–Trinajstić information content (AvgIpc) is 2.84. The Hall–Kier alpha value is -0.680. The summed E-state index contributed by atoms with van der Waals surface area (Å²) < 4.78 is 4.18. The lowest BCUT2D eigenvalue weighted by Gasteiger charge is -2.14. The third kappa shape index (κ3) is 2.13. The Morgan fingerprint density at radius 2 is 2.27 bits per heavy atom. The molecule has 1 aliphatic carbocycles. The number of nitrogens with one attached hydrogen (secondary N) is 1. The van der Waals surface area contributed by atoms with Crippen LogP contribution in [-0.2, 0) is 0 Å². The molecule has 2 aliphatic rings. The average molecular weight is 224 g/mol. The molecule has 82 valence electrons. The standard InChI is InChI=1S/C10H16N4S/c1-7-11-10(15-13-7)12-8-4-5-14(6-8)9-2-3-9/h8-9H,2-6H2,1H3,(H,11,12,13). The number of nitrogens with zero attached hydrogens (tertiary/aromatic N) is 3. The minimum absolute atomic E-state index is 0.581. The van der Waals surface area contributed by atoms with E-state index in [1.807, 2.05) is 6.92 Å². The summed E-state index contributed by atoms with van der Waals surface area (Å²) in [6.45, 7) is 4.37. The summed E-state index contributed by atoms with van der Waals surface area (Å²) in [6, 6.07) is 1.48. The van der Waals surface area contributed by atoms with Crippen molar-refractivity contribution in [1.29, 1.82) is 0 Å². The lowest BCUT2D eigenvalue weighted by molar-refractivity contribution is 0.326. The van der Waals surface area contributed by atoms with Gasteiger partial charge in [0, 0.05) is 36.7 Å². The molecule has 1 aromatic heterocycles. The summed E-state index contributed by atoms with van der Waals surface area (Å²) in [6.07, 6.45) is 4.06. The van der Waals surface area contributed by atoms with Crippen molar-refractivity contribution < 1.29 is 0 Å². The van der Waals surface area contributed by atoms with E-state index in [1.165, 1.54) is 43.9 Å². The molecule has 0 amide bonds. The fourth-order valence-electron chi connectivity index (χ4n) is 2.21. The van der Waals surface area contributed by atoms with Gasteiger partial charge in [-0.1, -0.05) is 0 Å². The van der Waals surface area contributed by atoms with Crippen molar-refractivity contribution in [1.82, 2.24) is 14.3 Å². The molecule has 0 radical (unpaired) electrons. The quantitative estimate of drug-likeness (QED) is 0.844. The molecule has 1 aliphatic heterocycles. The number of aryl methyl sites for hydroxylation is 1. The summed E-state index contributed by atoms with van der Waals surface area (Å²) >= 11 is 1.47. The van der Waals surface area contributed by atoms with Crippen LogP contribution in [0.1, 0.15) is 25.1 Å². The molecular weight excluding hydrogens is 208 g/mol. The van der Waals surface area contributed by atoms with Crippen LogP contribution in [0.3, 0.4) is 0 Å².